The third kappa shape index (κ3) is 4.29. The molecule has 0 spiro atoms. The van der Waals surface area contributed by atoms with Gasteiger partial charge in [0.15, 0.2) is 5.16 Å². The van der Waals surface area contributed by atoms with Crippen molar-refractivity contribution in [1.29, 1.82) is 0 Å². The summed E-state index contributed by atoms with van der Waals surface area (Å²) < 4.78 is 2.30. The van der Waals surface area contributed by atoms with Crippen molar-refractivity contribution in [1.82, 2.24) is 19.7 Å². The summed E-state index contributed by atoms with van der Waals surface area (Å²) in [4.78, 5) is 16.4. The van der Waals surface area contributed by atoms with Gasteiger partial charge in [-0.25, -0.2) is 0 Å². The predicted octanol–water partition coefficient (Wildman–Crippen LogP) is 3.31. The van der Waals surface area contributed by atoms with Crippen LogP contribution >= 0.6 is 11.8 Å². The van der Waals surface area contributed by atoms with Crippen LogP contribution in [0.3, 0.4) is 0 Å². The molecule has 0 saturated heterocycles. The van der Waals surface area contributed by atoms with Gasteiger partial charge in [0.2, 0.25) is 5.91 Å². The second kappa shape index (κ2) is 7.54. The van der Waals surface area contributed by atoms with E-state index >= 15 is 0 Å². The Balaban J connectivity index is 1.34. The van der Waals surface area contributed by atoms with Crippen molar-refractivity contribution >= 4 is 23.4 Å². The number of hydrogen-bond acceptors (Lipinski definition) is 5. The average Bonchev–Trinajstić information content (AvgIpc) is 3.58. The maximum absolute atomic E-state index is 12.6. The fourth-order valence-corrected chi connectivity index (χ4v) is 4.13. The molecule has 2 aliphatic carbocycles. The zero-order chi connectivity index (χ0) is 19.0. The lowest BCUT2D eigenvalue weighted by atomic mass is 10.2. The van der Waals surface area contributed by atoms with Gasteiger partial charge < -0.3 is 14.4 Å². The third-order valence-electron chi connectivity index (χ3n) is 5.17. The lowest BCUT2D eigenvalue weighted by molar-refractivity contribution is -0.127. The van der Waals surface area contributed by atoms with E-state index in [1.54, 1.807) is 4.90 Å². The number of carbonyl (C=O) groups excluding carboxylic acids is 1. The summed E-state index contributed by atoms with van der Waals surface area (Å²) in [6.45, 7) is 0.621. The number of aromatic nitrogens is 3. The molecule has 0 bridgehead atoms. The molecule has 27 heavy (non-hydrogen) atoms. The highest BCUT2D eigenvalue weighted by Crippen LogP contribution is 2.45. The van der Waals surface area contributed by atoms with E-state index in [0.29, 0.717) is 24.3 Å². The Morgan fingerprint density at radius 3 is 2.41 bits per heavy atom. The molecule has 6 nitrogen and oxygen atoms in total. The highest BCUT2D eigenvalue weighted by atomic mass is 32.2. The first-order valence-corrected chi connectivity index (χ1v) is 10.6. The van der Waals surface area contributed by atoms with Crippen molar-refractivity contribution in [2.75, 3.05) is 31.8 Å². The maximum atomic E-state index is 12.6. The second-order valence-electron chi connectivity index (χ2n) is 7.82. The van der Waals surface area contributed by atoms with Crippen molar-refractivity contribution in [2.45, 2.75) is 49.3 Å². The summed E-state index contributed by atoms with van der Waals surface area (Å²) in [5.74, 6) is 2.26. The smallest absolute Gasteiger partial charge is 0.233 e. The van der Waals surface area contributed by atoms with Crippen LogP contribution in [0.25, 0.3) is 0 Å². The number of anilines is 1. The van der Waals surface area contributed by atoms with Crippen LogP contribution in [-0.4, -0.2) is 52.5 Å². The normalized spacial score (nSPS) is 16.4. The van der Waals surface area contributed by atoms with Crippen LogP contribution in [-0.2, 0) is 11.3 Å². The molecular weight excluding hydrogens is 358 g/mol. The first kappa shape index (κ1) is 18.3. The van der Waals surface area contributed by atoms with Crippen LogP contribution in [0.1, 0.15) is 49.0 Å². The van der Waals surface area contributed by atoms with Crippen molar-refractivity contribution in [3.05, 3.63) is 35.7 Å². The fourth-order valence-electron chi connectivity index (χ4n) is 3.18. The summed E-state index contributed by atoms with van der Waals surface area (Å²) in [6, 6.07) is 8.89. The fraction of sp³-hybridized carbons (Fsp3) is 0.550. The minimum Gasteiger partial charge on any atom is -0.378 e. The van der Waals surface area contributed by atoms with Crippen molar-refractivity contribution in [3.8, 4) is 0 Å². The van der Waals surface area contributed by atoms with Gasteiger partial charge in [-0.15, -0.1) is 10.2 Å². The molecule has 0 N–H and O–H groups in total. The van der Waals surface area contributed by atoms with E-state index in [4.69, 9.17) is 0 Å². The lowest BCUT2D eigenvalue weighted by Gasteiger charge is -2.18. The van der Waals surface area contributed by atoms with Crippen LogP contribution in [0, 0.1) is 0 Å². The van der Waals surface area contributed by atoms with Crippen molar-refractivity contribution < 1.29 is 4.79 Å². The molecule has 0 unspecified atom stereocenters. The van der Waals surface area contributed by atoms with Gasteiger partial charge in [-0.3, -0.25) is 4.79 Å². The number of thioether (sulfide) groups is 1. The number of benzene rings is 1. The van der Waals surface area contributed by atoms with E-state index < -0.39 is 0 Å². The molecule has 0 aliphatic heterocycles. The van der Waals surface area contributed by atoms with Crippen molar-refractivity contribution in [3.63, 3.8) is 0 Å². The third-order valence-corrected chi connectivity index (χ3v) is 6.10. The zero-order valence-electron chi connectivity index (χ0n) is 16.3. The Labute approximate surface area is 164 Å². The van der Waals surface area contributed by atoms with E-state index in [1.807, 2.05) is 21.1 Å². The largest absolute Gasteiger partial charge is 0.378 e. The molecule has 7 heteroatoms. The summed E-state index contributed by atoms with van der Waals surface area (Å²) in [6.07, 6.45) is 4.87. The topological polar surface area (TPSA) is 54.3 Å². The molecule has 2 fully saturated rings. The monoisotopic (exact) mass is 385 g/mol. The molecule has 0 radical (unpaired) electrons. The van der Waals surface area contributed by atoms with Gasteiger partial charge >= 0.3 is 0 Å². The molecule has 2 aliphatic rings. The van der Waals surface area contributed by atoms with E-state index in [-0.39, 0.29) is 5.91 Å². The number of carbonyl (C=O) groups is 1. The van der Waals surface area contributed by atoms with Gasteiger partial charge in [0.1, 0.15) is 5.82 Å². The Morgan fingerprint density at radius 2 is 1.81 bits per heavy atom. The molecule has 2 saturated carbocycles. The van der Waals surface area contributed by atoms with E-state index in [1.165, 1.54) is 37.4 Å². The highest BCUT2D eigenvalue weighted by molar-refractivity contribution is 7.99. The standard InChI is InChI=1S/C20H27N5OS/c1-23(2)16-8-4-14(5-9-16)12-24(3)18(26)13-27-20-22-21-19(15-6-7-15)25(20)17-10-11-17/h4-5,8-9,15,17H,6-7,10-13H2,1-3H3. The quantitative estimate of drug-likeness (QED) is 0.653. The second-order valence-corrected chi connectivity index (χ2v) is 8.76. The minimum absolute atomic E-state index is 0.120. The molecule has 144 valence electrons. The number of hydrogen-bond donors (Lipinski definition) is 0. The molecule has 1 aromatic carbocycles. The molecular formula is C20H27N5OS. The summed E-state index contributed by atoms with van der Waals surface area (Å²) in [7, 11) is 5.91. The SMILES string of the molecule is CN(Cc1ccc(N(C)C)cc1)C(=O)CSc1nnc(C2CC2)n1C1CC1. The predicted molar refractivity (Wildman–Crippen MR) is 108 cm³/mol. The molecule has 1 amide bonds. The van der Waals surface area contributed by atoms with Crippen LogP contribution in [0.5, 0.6) is 0 Å². The van der Waals surface area contributed by atoms with Crippen LogP contribution in [0.2, 0.25) is 0 Å². The Morgan fingerprint density at radius 1 is 1.11 bits per heavy atom. The summed E-state index contributed by atoms with van der Waals surface area (Å²) in [5, 5.41) is 9.71. The number of rotatable bonds is 8. The molecule has 1 heterocycles. The first-order valence-electron chi connectivity index (χ1n) is 9.60. The van der Waals surface area contributed by atoms with Gasteiger partial charge in [-0.05, 0) is 43.4 Å². The Hall–Kier alpha value is -2.02. The number of nitrogens with zero attached hydrogens (tertiary/aromatic N) is 5. The molecule has 4 rings (SSSR count). The van der Waals surface area contributed by atoms with Gasteiger partial charge in [0, 0.05) is 45.3 Å². The van der Waals surface area contributed by atoms with E-state index in [0.717, 1.165) is 22.2 Å². The first-order chi connectivity index (χ1) is 13.0. The summed E-state index contributed by atoms with van der Waals surface area (Å²) in [5.41, 5.74) is 2.30. The van der Waals surface area contributed by atoms with Gasteiger partial charge in [-0.2, -0.15) is 0 Å². The van der Waals surface area contributed by atoms with Gasteiger partial charge in [0.25, 0.3) is 0 Å². The van der Waals surface area contributed by atoms with Crippen LogP contribution < -0.4 is 4.90 Å². The van der Waals surface area contributed by atoms with Gasteiger partial charge in [0.05, 0.1) is 5.75 Å². The molecule has 2 aromatic rings. The molecule has 0 atom stereocenters. The zero-order valence-corrected chi connectivity index (χ0v) is 17.1. The molecule has 1 aromatic heterocycles. The Bertz CT molecular complexity index is 808. The van der Waals surface area contributed by atoms with Crippen LogP contribution in [0.4, 0.5) is 5.69 Å². The Kier molecular flexibility index (Phi) is 5.12. The minimum atomic E-state index is 0.120. The van der Waals surface area contributed by atoms with Crippen molar-refractivity contribution in [2.24, 2.45) is 0 Å². The van der Waals surface area contributed by atoms with Gasteiger partial charge in [-0.1, -0.05) is 23.9 Å². The van der Waals surface area contributed by atoms with E-state index in [2.05, 4.69) is 43.9 Å². The summed E-state index contributed by atoms with van der Waals surface area (Å²) >= 11 is 1.53. The average molecular weight is 386 g/mol. The lowest BCUT2D eigenvalue weighted by Crippen LogP contribution is -2.28. The van der Waals surface area contributed by atoms with E-state index in [9.17, 15) is 4.79 Å². The van der Waals surface area contributed by atoms with Crippen LogP contribution in [0.15, 0.2) is 29.4 Å². The maximum Gasteiger partial charge on any atom is 0.233 e. The highest BCUT2D eigenvalue weighted by Gasteiger charge is 2.36. The number of amides is 1.